The maximum absolute atomic E-state index is 5.85. The number of hydrogen-bond acceptors (Lipinski definition) is 4. The number of rotatable bonds is 1. The number of nitrogen functional groups attached to an aromatic ring is 1. The molecule has 0 spiro atoms. The van der Waals surface area contributed by atoms with Crippen molar-refractivity contribution in [1.82, 2.24) is 10.2 Å². The summed E-state index contributed by atoms with van der Waals surface area (Å²) < 4.78 is 4.98. The van der Waals surface area contributed by atoms with E-state index in [1.807, 2.05) is 0 Å². The summed E-state index contributed by atoms with van der Waals surface area (Å²) in [5.41, 5.74) is 7.35. The van der Waals surface area contributed by atoms with E-state index in [0.717, 1.165) is 5.56 Å². The van der Waals surface area contributed by atoms with Gasteiger partial charge in [-0.1, -0.05) is 20.8 Å². The molecule has 0 amide bonds. The second kappa shape index (κ2) is 3.20. The Hall–Kier alpha value is -1.32. The van der Waals surface area contributed by atoms with Crippen LogP contribution < -0.4 is 10.5 Å². The van der Waals surface area contributed by atoms with Crippen LogP contribution in [0.15, 0.2) is 6.20 Å². The van der Waals surface area contributed by atoms with Crippen LogP contribution in [0.2, 0.25) is 0 Å². The molecule has 0 bridgehead atoms. The van der Waals surface area contributed by atoms with Gasteiger partial charge in [-0.25, -0.2) is 0 Å². The van der Waals surface area contributed by atoms with Crippen molar-refractivity contribution in [3.8, 4) is 5.88 Å². The lowest BCUT2D eigenvalue weighted by atomic mass is 9.87. The number of anilines is 1. The van der Waals surface area contributed by atoms with Crippen LogP contribution in [0.5, 0.6) is 5.88 Å². The van der Waals surface area contributed by atoms with Crippen molar-refractivity contribution in [3.63, 3.8) is 0 Å². The average molecular weight is 181 g/mol. The lowest BCUT2D eigenvalue weighted by molar-refractivity contribution is 0.392. The standard InChI is InChI=1S/C9H15N3O/c1-9(2,3)6-5-11-12-8(13-4)7(6)10/h5H,1-4H3,(H2,10,11). The van der Waals surface area contributed by atoms with Gasteiger partial charge in [0.25, 0.3) is 5.88 Å². The zero-order chi connectivity index (χ0) is 10.1. The van der Waals surface area contributed by atoms with Crippen molar-refractivity contribution < 1.29 is 4.74 Å². The van der Waals surface area contributed by atoms with Gasteiger partial charge in [-0.15, -0.1) is 5.10 Å². The SMILES string of the molecule is COc1nncc(C(C)(C)C)c1N. The van der Waals surface area contributed by atoms with Gasteiger partial charge in [0.15, 0.2) is 0 Å². The number of aromatic nitrogens is 2. The molecule has 13 heavy (non-hydrogen) atoms. The molecule has 2 N–H and O–H groups in total. The van der Waals surface area contributed by atoms with Crippen LogP contribution >= 0.6 is 0 Å². The second-order valence-corrected chi connectivity index (χ2v) is 3.93. The lowest BCUT2D eigenvalue weighted by Crippen LogP contribution is -2.15. The maximum Gasteiger partial charge on any atom is 0.256 e. The Labute approximate surface area is 78.1 Å². The summed E-state index contributed by atoms with van der Waals surface area (Å²) in [6.45, 7) is 6.21. The summed E-state index contributed by atoms with van der Waals surface area (Å²) in [6, 6.07) is 0. The molecular formula is C9H15N3O. The molecule has 1 aromatic rings. The van der Waals surface area contributed by atoms with E-state index in [2.05, 4.69) is 31.0 Å². The third-order valence-corrected chi connectivity index (χ3v) is 1.86. The van der Waals surface area contributed by atoms with Gasteiger partial charge in [0.1, 0.15) is 5.69 Å². The number of nitrogens with zero attached hydrogens (tertiary/aromatic N) is 2. The van der Waals surface area contributed by atoms with E-state index in [0.29, 0.717) is 11.6 Å². The molecule has 1 rings (SSSR count). The first-order valence-corrected chi connectivity index (χ1v) is 4.12. The minimum Gasteiger partial charge on any atom is -0.478 e. The average Bonchev–Trinajstić information content (AvgIpc) is 2.02. The molecule has 0 fully saturated rings. The predicted molar refractivity (Wildman–Crippen MR) is 51.7 cm³/mol. The quantitative estimate of drug-likeness (QED) is 0.710. The van der Waals surface area contributed by atoms with Crippen LogP contribution in [0.1, 0.15) is 26.3 Å². The molecule has 0 unspecified atom stereocenters. The molecule has 0 radical (unpaired) electrons. The molecular weight excluding hydrogens is 166 g/mol. The van der Waals surface area contributed by atoms with Crippen molar-refractivity contribution in [3.05, 3.63) is 11.8 Å². The first kappa shape index (κ1) is 9.77. The van der Waals surface area contributed by atoms with E-state index in [-0.39, 0.29) is 5.41 Å². The molecule has 4 heteroatoms. The van der Waals surface area contributed by atoms with Crippen molar-refractivity contribution >= 4 is 5.69 Å². The summed E-state index contributed by atoms with van der Waals surface area (Å²) in [5.74, 6) is 0.396. The van der Waals surface area contributed by atoms with E-state index < -0.39 is 0 Å². The van der Waals surface area contributed by atoms with Gasteiger partial charge in [-0.05, 0) is 5.41 Å². The highest BCUT2D eigenvalue weighted by Gasteiger charge is 2.20. The Morgan fingerprint density at radius 1 is 1.38 bits per heavy atom. The highest BCUT2D eigenvalue weighted by Crippen LogP contribution is 2.30. The van der Waals surface area contributed by atoms with Gasteiger partial charge in [-0.2, -0.15) is 5.10 Å². The van der Waals surface area contributed by atoms with Gasteiger partial charge < -0.3 is 10.5 Å². The van der Waals surface area contributed by atoms with Crippen molar-refractivity contribution in [2.75, 3.05) is 12.8 Å². The van der Waals surface area contributed by atoms with Gasteiger partial charge in [0, 0.05) is 5.56 Å². The van der Waals surface area contributed by atoms with Crippen molar-refractivity contribution in [2.24, 2.45) is 0 Å². The molecule has 4 nitrogen and oxygen atoms in total. The first-order valence-electron chi connectivity index (χ1n) is 4.12. The topological polar surface area (TPSA) is 61.0 Å². The fraction of sp³-hybridized carbons (Fsp3) is 0.556. The molecule has 0 aliphatic rings. The van der Waals surface area contributed by atoms with E-state index >= 15 is 0 Å². The minimum absolute atomic E-state index is 0.0344. The molecule has 0 aliphatic carbocycles. The zero-order valence-corrected chi connectivity index (χ0v) is 8.46. The van der Waals surface area contributed by atoms with Gasteiger partial charge in [-0.3, -0.25) is 0 Å². The Balaban J connectivity index is 3.24. The highest BCUT2D eigenvalue weighted by molar-refractivity contribution is 5.55. The molecule has 0 saturated heterocycles. The minimum atomic E-state index is -0.0344. The molecule has 0 aromatic carbocycles. The lowest BCUT2D eigenvalue weighted by Gasteiger charge is -2.20. The molecule has 0 aliphatic heterocycles. The molecule has 0 atom stereocenters. The molecule has 72 valence electrons. The predicted octanol–water partition coefficient (Wildman–Crippen LogP) is 1.36. The van der Waals surface area contributed by atoms with E-state index in [9.17, 15) is 0 Å². The Morgan fingerprint density at radius 2 is 2.00 bits per heavy atom. The maximum atomic E-state index is 5.85. The number of ether oxygens (including phenoxy) is 1. The summed E-state index contributed by atoms with van der Waals surface area (Å²) in [6.07, 6.45) is 1.68. The fourth-order valence-corrected chi connectivity index (χ4v) is 1.13. The van der Waals surface area contributed by atoms with E-state index in [1.54, 1.807) is 6.20 Å². The number of methoxy groups -OCH3 is 1. The molecule has 0 saturated carbocycles. The Bertz CT molecular complexity index is 304. The Morgan fingerprint density at radius 3 is 2.46 bits per heavy atom. The zero-order valence-electron chi connectivity index (χ0n) is 8.46. The van der Waals surface area contributed by atoms with Crippen LogP contribution in [0.3, 0.4) is 0 Å². The fourth-order valence-electron chi connectivity index (χ4n) is 1.13. The van der Waals surface area contributed by atoms with Gasteiger partial charge in [0.05, 0.1) is 13.3 Å². The van der Waals surface area contributed by atoms with Crippen molar-refractivity contribution in [1.29, 1.82) is 0 Å². The third kappa shape index (κ3) is 1.88. The first-order chi connectivity index (χ1) is 5.96. The van der Waals surface area contributed by atoms with Crippen LogP contribution in [-0.2, 0) is 5.41 Å². The van der Waals surface area contributed by atoms with Crippen molar-refractivity contribution in [2.45, 2.75) is 26.2 Å². The summed E-state index contributed by atoms with van der Waals surface area (Å²) in [5, 5.41) is 7.60. The van der Waals surface area contributed by atoms with Crippen LogP contribution in [0, 0.1) is 0 Å². The summed E-state index contributed by atoms with van der Waals surface area (Å²) in [4.78, 5) is 0. The van der Waals surface area contributed by atoms with Gasteiger partial charge >= 0.3 is 0 Å². The summed E-state index contributed by atoms with van der Waals surface area (Å²) in [7, 11) is 1.53. The third-order valence-electron chi connectivity index (χ3n) is 1.86. The van der Waals surface area contributed by atoms with E-state index in [1.165, 1.54) is 7.11 Å². The summed E-state index contributed by atoms with van der Waals surface area (Å²) >= 11 is 0. The largest absolute Gasteiger partial charge is 0.478 e. The monoisotopic (exact) mass is 181 g/mol. The molecule has 1 heterocycles. The number of nitrogens with two attached hydrogens (primary N) is 1. The molecule has 1 aromatic heterocycles. The Kier molecular flexibility index (Phi) is 2.40. The smallest absolute Gasteiger partial charge is 0.256 e. The van der Waals surface area contributed by atoms with Gasteiger partial charge in [0.2, 0.25) is 0 Å². The normalized spacial score (nSPS) is 11.4. The van der Waals surface area contributed by atoms with E-state index in [4.69, 9.17) is 10.5 Å². The second-order valence-electron chi connectivity index (χ2n) is 3.93. The van der Waals surface area contributed by atoms with Crippen LogP contribution in [0.4, 0.5) is 5.69 Å². The number of hydrogen-bond donors (Lipinski definition) is 1. The van der Waals surface area contributed by atoms with Crippen LogP contribution in [-0.4, -0.2) is 17.3 Å². The van der Waals surface area contributed by atoms with Crippen LogP contribution in [0.25, 0.3) is 0 Å². The highest BCUT2D eigenvalue weighted by atomic mass is 16.5.